The van der Waals surface area contributed by atoms with Crippen molar-refractivity contribution < 1.29 is 4.42 Å². The van der Waals surface area contributed by atoms with E-state index in [4.69, 9.17) is 4.42 Å². The standard InChI is InChI=1S/C16H21N3O/c1-17-11-13-7-10-20-16(13)12-19-9-8-18(2)14-5-3-4-6-15(14)19/h3-7,10,17H,8-9,11-12H2,1-2H3. The first-order chi connectivity index (χ1) is 9.79. The van der Waals surface area contributed by atoms with Gasteiger partial charge in [0.2, 0.25) is 0 Å². The molecule has 2 heterocycles. The Morgan fingerprint density at radius 3 is 2.75 bits per heavy atom. The molecule has 0 amide bonds. The number of nitrogens with zero attached hydrogens (tertiary/aromatic N) is 2. The molecular weight excluding hydrogens is 250 g/mol. The number of rotatable bonds is 4. The lowest BCUT2D eigenvalue weighted by molar-refractivity contribution is 0.494. The van der Waals surface area contributed by atoms with Crippen LogP contribution in [0.25, 0.3) is 0 Å². The van der Waals surface area contributed by atoms with Crippen molar-refractivity contribution >= 4 is 11.4 Å². The second kappa shape index (κ2) is 5.59. The summed E-state index contributed by atoms with van der Waals surface area (Å²) in [6, 6.07) is 10.6. The fourth-order valence-corrected chi connectivity index (χ4v) is 2.76. The predicted octanol–water partition coefficient (Wildman–Crippen LogP) is 2.46. The Hall–Kier alpha value is -1.94. The zero-order valence-electron chi connectivity index (χ0n) is 12.1. The Labute approximate surface area is 120 Å². The van der Waals surface area contributed by atoms with E-state index in [0.29, 0.717) is 0 Å². The van der Waals surface area contributed by atoms with Crippen molar-refractivity contribution in [2.75, 3.05) is 37.0 Å². The quantitative estimate of drug-likeness (QED) is 0.925. The predicted molar refractivity (Wildman–Crippen MR) is 82.2 cm³/mol. The van der Waals surface area contributed by atoms with E-state index in [9.17, 15) is 0 Å². The normalized spacial score (nSPS) is 14.5. The van der Waals surface area contributed by atoms with Gasteiger partial charge in [-0.15, -0.1) is 0 Å². The zero-order chi connectivity index (χ0) is 13.9. The summed E-state index contributed by atoms with van der Waals surface area (Å²) in [5, 5.41) is 3.19. The molecule has 0 spiro atoms. The van der Waals surface area contributed by atoms with Crippen molar-refractivity contribution in [3.8, 4) is 0 Å². The summed E-state index contributed by atoms with van der Waals surface area (Å²) in [6.07, 6.45) is 1.78. The maximum atomic E-state index is 5.67. The monoisotopic (exact) mass is 271 g/mol. The lowest BCUT2D eigenvalue weighted by Gasteiger charge is -2.36. The molecule has 1 N–H and O–H groups in total. The van der Waals surface area contributed by atoms with Crippen molar-refractivity contribution in [3.63, 3.8) is 0 Å². The van der Waals surface area contributed by atoms with Gasteiger partial charge in [0.25, 0.3) is 0 Å². The summed E-state index contributed by atoms with van der Waals surface area (Å²) >= 11 is 0. The van der Waals surface area contributed by atoms with Gasteiger partial charge in [0.05, 0.1) is 24.2 Å². The highest BCUT2D eigenvalue weighted by Crippen LogP contribution is 2.33. The average molecular weight is 271 g/mol. The van der Waals surface area contributed by atoms with Gasteiger partial charge in [0, 0.05) is 32.2 Å². The number of likely N-dealkylation sites (N-methyl/N-ethyl adjacent to an activating group) is 1. The van der Waals surface area contributed by atoms with Crippen LogP contribution >= 0.6 is 0 Å². The lowest BCUT2D eigenvalue weighted by atomic mass is 10.1. The van der Waals surface area contributed by atoms with Gasteiger partial charge in [0.15, 0.2) is 0 Å². The molecular formula is C16H21N3O. The highest BCUT2D eigenvalue weighted by Gasteiger charge is 2.21. The summed E-state index contributed by atoms with van der Waals surface area (Å²) in [5.41, 5.74) is 3.82. The molecule has 0 aliphatic carbocycles. The first-order valence-electron chi connectivity index (χ1n) is 7.04. The third-order valence-corrected chi connectivity index (χ3v) is 3.88. The Morgan fingerprint density at radius 1 is 1.15 bits per heavy atom. The minimum absolute atomic E-state index is 0.828. The molecule has 0 radical (unpaired) electrons. The van der Waals surface area contributed by atoms with Crippen molar-refractivity contribution in [3.05, 3.63) is 47.9 Å². The zero-order valence-corrected chi connectivity index (χ0v) is 12.1. The lowest BCUT2D eigenvalue weighted by Crippen LogP contribution is -2.38. The van der Waals surface area contributed by atoms with Crippen LogP contribution in [0.15, 0.2) is 41.0 Å². The number of nitrogens with one attached hydrogen (secondary N) is 1. The van der Waals surface area contributed by atoms with Crippen LogP contribution in [0.2, 0.25) is 0 Å². The molecule has 0 saturated carbocycles. The molecule has 0 bridgehead atoms. The minimum atomic E-state index is 0.828. The first-order valence-corrected chi connectivity index (χ1v) is 7.04. The van der Waals surface area contributed by atoms with Crippen LogP contribution in [-0.2, 0) is 13.1 Å². The highest BCUT2D eigenvalue weighted by atomic mass is 16.3. The second-order valence-corrected chi connectivity index (χ2v) is 5.23. The van der Waals surface area contributed by atoms with Crippen LogP contribution in [-0.4, -0.2) is 27.2 Å². The van der Waals surface area contributed by atoms with Crippen LogP contribution in [0.4, 0.5) is 11.4 Å². The number of furan rings is 1. The van der Waals surface area contributed by atoms with Crippen LogP contribution in [0, 0.1) is 0 Å². The third kappa shape index (κ3) is 2.39. The van der Waals surface area contributed by atoms with Crippen LogP contribution in [0.3, 0.4) is 0 Å². The SMILES string of the molecule is CNCc1ccoc1CN1CCN(C)c2ccccc21. The fraction of sp³-hybridized carbons (Fsp3) is 0.375. The van der Waals surface area contributed by atoms with E-state index >= 15 is 0 Å². The van der Waals surface area contributed by atoms with Gasteiger partial charge in [0.1, 0.15) is 5.76 Å². The van der Waals surface area contributed by atoms with Crippen LogP contribution in [0.1, 0.15) is 11.3 Å². The van der Waals surface area contributed by atoms with Crippen molar-refractivity contribution in [2.24, 2.45) is 0 Å². The maximum absolute atomic E-state index is 5.67. The molecule has 3 rings (SSSR count). The molecule has 20 heavy (non-hydrogen) atoms. The van der Waals surface area contributed by atoms with Gasteiger partial charge >= 0.3 is 0 Å². The summed E-state index contributed by atoms with van der Waals surface area (Å²) in [5.74, 6) is 1.05. The van der Waals surface area contributed by atoms with Crippen molar-refractivity contribution in [1.29, 1.82) is 0 Å². The highest BCUT2D eigenvalue weighted by molar-refractivity contribution is 5.73. The number of para-hydroxylation sites is 2. The number of fused-ring (bicyclic) bond motifs is 1. The van der Waals surface area contributed by atoms with E-state index in [1.165, 1.54) is 16.9 Å². The Balaban J connectivity index is 1.85. The molecule has 1 aliphatic rings. The van der Waals surface area contributed by atoms with Crippen molar-refractivity contribution in [1.82, 2.24) is 5.32 Å². The molecule has 0 fully saturated rings. The summed E-state index contributed by atoms with van der Waals surface area (Å²) < 4.78 is 5.67. The van der Waals surface area contributed by atoms with Gasteiger partial charge < -0.3 is 19.5 Å². The van der Waals surface area contributed by atoms with E-state index in [1.807, 2.05) is 13.1 Å². The molecule has 106 valence electrons. The molecule has 4 heteroatoms. The smallest absolute Gasteiger partial charge is 0.127 e. The third-order valence-electron chi connectivity index (χ3n) is 3.88. The number of hydrogen-bond acceptors (Lipinski definition) is 4. The van der Waals surface area contributed by atoms with E-state index in [1.54, 1.807) is 6.26 Å². The van der Waals surface area contributed by atoms with Gasteiger partial charge in [-0.05, 0) is 25.2 Å². The molecule has 4 nitrogen and oxygen atoms in total. The van der Waals surface area contributed by atoms with Crippen LogP contribution < -0.4 is 15.1 Å². The van der Waals surface area contributed by atoms with Crippen molar-refractivity contribution in [2.45, 2.75) is 13.1 Å². The molecule has 1 aromatic heterocycles. The second-order valence-electron chi connectivity index (χ2n) is 5.23. The van der Waals surface area contributed by atoms with Crippen LogP contribution in [0.5, 0.6) is 0 Å². The summed E-state index contributed by atoms with van der Waals surface area (Å²) in [6.45, 7) is 3.74. The largest absolute Gasteiger partial charge is 0.467 e. The van der Waals surface area contributed by atoms with E-state index in [2.05, 4.69) is 46.4 Å². The van der Waals surface area contributed by atoms with Gasteiger partial charge in [-0.1, -0.05) is 12.1 Å². The summed E-state index contributed by atoms with van der Waals surface area (Å²) in [7, 11) is 4.11. The maximum Gasteiger partial charge on any atom is 0.127 e. The van der Waals surface area contributed by atoms with E-state index in [0.717, 1.165) is 31.9 Å². The van der Waals surface area contributed by atoms with E-state index in [-0.39, 0.29) is 0 Å². The molecule has 0 unspecified atom stereocenters. The number of anilines is 2. The first kappa shape index (κ1) is 13.1. The number of benzene rings is 1. The summed E-state index contributed by atoms with van der Waals surface area (Å²) in [4.78, 5) is 4.70. The number of hydrogen-bond donors (Lipinski definition) is 1. The molecule has 0 saturated heterocycles. The Bertz CT molecular complexity index is 579. The Morgan fingerprint density at radius 2 is 1.95 bits per heavy atom. The molecule has 0 atom stereocenters. The molecule has 1 aliphatic heterocycles. The molecule has 2 aromatic rings. The van der Waals surface area contributed by atoms with E-state index < -0.39 is 0 Å². The Kier molecular flexibility index (Phi) is 3.65. The fourth-order valence-electron chi connectivity index (χ4n) is 2.76. The topological polar surface area (TPSA) is 31.7 Å². The van der Waals surface area contributed by atoms with Gasteiger partial charge in [-0.25, -0.2) is 0 Å². The average Bonchev–Trinajstić information content (AvgIpc) is 2.90. The minimum Gasteiger partial charge on any atom is -0.467 e. The van der Waals surface area contributed by atoms with Gasteiger partial charge in [-0.3, -0.25) is 0 Å². The van der Waals surface area contributed by atoms with Gasteiger partial charge in [-0.2, -0.15) is 0 Å². The molecule has 1 aromatic carbocycles.